The van der Waals surface area contributed by atoms with Gasteiger partial charge in [-0.2, -0.15) is 0 Å². The van der Waals surface area contributed by atoms with Gasteiger partial charge in [0.15, 0.2) is 0 Å². The van der Waals surface area contributed by atoms with Gasteiger partial charge in [-0.15, -0.1) is 0 Å². The van der Waals surface area contributed by atoms with Crippen LogP contribution < -0.4 is 4.90 Å². The van der Waals surface area contributed by atoms with Crippen molar-refractivity contribution in [3.63, 3.8) is 0 Å². The predicted octanol–water partition coefficient (Wildman–Crippen LogP) is 3.82. The Morgan fingerprint density at radius 3 is 2.13 bits per heavy atom. The monoisotopic (exact) mass is 205 g/mol. The molecule has 0 spiro atoms. The van der Waals surface area contributed by atoms with E-state index < -0.39 is 0 Å². The third-order valence-corrected chi connectivity index (χ3v) is 3.32. The molecule has 1 nitrogen and oxygen atoms in total. The second-order valence-corrected chi connectivity index (χ2v) is 4.92. The number of anilines is 1. The van der Waals surface area contributed by atoms with Crippen LogP contribution in [-0.4, -0.2) is 14.1 Å². The average molecular weight is 205 g/mol. The molecule has 1 unspecified atom stereocenters. The number of benzene rings is 1. The van der Waals surface area contributed by atoms with Crippen molar-refractivity contribution in [2.75, 3.05) is 19.0 Å². The summed E-state index contributed by atoms with van der Waals surface area (Å²) < 4.78 is 0. The topological polar surface area (TPSA) is 3.24 Å². The number of nitrogens with zero attached hydrogens (tertiary/aromatic N) is 1. The zero-order valence-electron chi connectivity index (χ0n) is 10.8. The fourth-order valence-electron chi connectivity index (χ4n) is 1.98. The highest BCUT2D eigenvalue weighted by Gasteiger charge is 2.14. The molecule has 0 N–H and O–H groups in total. The van der Waals surface area contributed by atoms with Gasteiger partial charge in [0.05, 0.1) is 0 Å². The van der Waals surface area contributed by atoms with Crippen molar-refractivity contribution in [3.05, 3.63) is 29.3 Å². The van der Waals surface area contributed by atoms with Crippen LogP contribution in [-0.2, 0) is 0 Å². The fraction of sp³-hybridized carbons (Fsp3) is 0.571. The highest BCUT2D eigenvalue weighted by Crippen LogP contribution is 2.30. The SMILES string of the molecule is Cc1c(C(C)C(C)C)cccc1N(C)C. The lowest BCUT2D eigenvalue weighted by Crippen LogP contribution is -2.13. The molecule has 0 saturated carbocycles. The highest BCUT2D eigenvalue weighted by molar-refractivity contribution is 5.55. The van der Waals surface area contributed by atoms with Gasteiger partial charge in [0, 0.05) is 19.8 Å². The van der Waals surface area contributed by atoms with Crippen LogP contribution in [0.25, 0.3) is 0 Å². The minimum atomic E-state index is 0.630. The van der Waals surface area contributed by atoms with Crippen molar-refractivity contribution in [1.82, 2.24) is 0 Å². The zero-order valence-corrected chi connectivity index (χ0v) is 10.8. The maximum Gasteiger partial charge on any atom is 0.0393 e. The maximum atomic E-state index is 2.31. The normalized spacial score (nSPS) is 13.0. The molecule has 0 aliphatic carbocycles. The van der Waals surface area contributed by atoms with E-state index in [0.717, 1.165) is 0 Å². The minimum Gasteiger partial charge on any atom is -0.377 e. The summed E-state index contributed by atoms with van der Waals surface area (Å²) in [6.45, 7) is 9.11. The molecule has 0 aliphatic rings. The summed E-state index contributed by atoms with van der Waals surface area (Å²) in [4.78, 5) is 2.19. The van der Waals surface area contributed by atoms with Crippen molar-refractivity contribution in [2.24, 2.45) is 5.92 Å². The minimum absolute atomic E-state index is 0.630. The molecule has 0 saturated heterocycles. The van der Waals surface area contributed by atoms with Crippen LogP contribution >= 0.6 is 0 Å². The molecule has 1 aromatic rings. The molecule has 84 valence electrons. The lowest BCUT2D eigenvalue weighted by atomic mass is 9.87. The van der Waals surface area contributed by atoms with Gasteiger partial charge < -0.3 is 4.90 Å². The Kier molecular flexibility index (Phi) is 3.78. The Hall–Kier alpha value is -0.980. The van der Waals surface area contributed by atoms with Crippen LogP contribution in [0.1, 0.15) is 37.8 Å². The molecular formula is C14H23N. The van der Waals surface area contributed by atoms with Gasteiger partial charge in [-0.05, 0) is 36.0 Å². The summed E-state index contributed by atoms with van der Waals surface area (Å²) in [5, 5.41) is 0. The molecule has 0 radical (unpaired) electrons. The van der Waals surface area contributed by atoms with Crippen LogP contribution in [0.3, 0.4) is 0 Å². The summed E-state index contributed by atoms with van der Waals surface area (Å²) in [6, 6.07) is 6.61. The van der Waals surface area contributed by atoms with Gasteiger partial charge >= 0.3 is 0 Å². The summed E-state index contributed by atoms with van der Waals surface area (Å²) >= 11 is 0. The van der Waals surface area contributed by atoms with Crippen molar-refractivity contribution in [3.8, 4) is 0 Å². The van der Waals surface area contributed by atoms with Crippen LogP contribution in [0.15, 0.2) is 18.2 Å². The Balaban J connectivity index is 3.15. The highest BCUT2D eigenvalue weighted by atomic mass is 15.1. The smallest absolute Gasteiger partial charge is 0.0393 e. The summed E-state index contributed by atoms with van der Waals surface area (Å²) in [6.07, 6.45) is 0. The number of rotatable bonds is 3. The fourth-order valence-corrected chi connectivity index (χ4v) is 1.98. The Bertz CT molecular complexity index is 326. The molecule has 1 rings (SSSR count). The lowest BCUT2D eigenvalue weighted by Gasteiger charge is -2.23. The first-order valence-electron chi connectivity index (χ1n) is 5.72. The Labute approximate surface area is 94.1 Å². The van der Waals surface area contributed by atoms with Gasteiger partial charge in [0.25, 0.3) is 0 Å². The molecule has 0 aromatic heterocycles. The zero-order chi connectivity index (χ0) is 11.6. The van der Waals surface area contributed by atoms with E-state index in [-0.39, 0.29) is 0 Å². The van der Waals surface area contributed by atoms with E-state index in [4.69, 9.17) is 0 Å². The van der Waals surface area contributed by atoms with E-state index in [1.165, 1.54) is 16.8 Å². The molecule has 1 aromatic carbocycles. The van der Waals surface area contributed by atoms with E-state index in [9.17, 15) is 0 Å². The third-order valence-electron chi connectivity index (χ3n) is 3.32. The van der Waals surface area contributed by atoms with Crippen molar-refractivity contribution in [1.29, 1.82) is 0 Å². The largest absolute Gasteiger partial charge is 0.377 e. The van der Waals surface area contributed by atoms with Gasteiger partial charge in [-0.1, -0.05) is 32.9 Å². The summed E-state index contributed by atoms with van der Waals surface area (Å²) in [5.74, 6) is 1.33. The molecule has 15 heavy (non-hydrogen) atoms. The van der Waals surface area contributed by atoms with Gasteiger partial charge in [-0.25, -0.2) is 0 Å². The Morgan fingerprint density at radius 2 is 1.67 bits per heavy atom. The van der Waals surface area contributed by atoms with Gasteiger partial charge in [-0.3, -0.25) is 0 Å². The first-order valence-corrected chi connectivity index (χ1v) is 5.72. The van der Waals surface area contributed by atoms with Crippen molar-refractivity contribution < 1.29 is 0 Å². The number of hydrogen-bond donors (Lipinski definition) is 0. The average Bonchev–Trinajstić information content (AvgIpc) is 2.16. The molecule has 1 heteroatoms. The van der Waals surface area contributed by atoms with E-state index in [1.807, 2.05) is 0 Å². The standard InChI is InChI=1S/C14H23N/c1-10(2)11(3)13-8-7-9-14(12(13)4)15(5)6/h7-11H,1-6H3. The molecule has 0 aliphatic heterocycles. The summed E-state index contributed by atoms with van der Waals surface area (Å²) in [5.41, 5.74) is 4.24. The molecule has 0 heterocycles. The summed E-state index contributed by atoms with van der Waals surface area (Å²) in [7, 11) is 4.21. The van der Waals surface area contributed by atoms with E-state index in [0.29, 0.717) is 11.8 Å². The molecule has 0 bridgehead atoms. The van der Waals surface area contributed by atoms with Crippen molar-refractivity contribution >= 4 is 5.69 Å². The predicted molar refractivity (Wildman–Crippen MR) is 68.8 cm³/mol. The van der Waals surface area contributed by atoms with Crippen LogP contribution in [0.4, 0.5) is 5.69 Å². The van der Waals surface area contributed by atoms with Crippen molar-refractivity contribution in [2.45, 2.75) is 33.6 Å². The first-order chi connectivity index (χ1) is 6.95. The van der Waals surface area contributed by atoms with E-state index in [1.54, 1.807) is 0 Å². The Morgan fingerprint density at radius 1 is 1.07 bits per heavy atom. The van der Waals surface area contributed by atoms with Crippen LogP contribution in [0.5, 0.6) is 0 Å². The van der Waals surface area contributed by atoms with Gasteiger partial charge in [0.2, 0.25) is 0 Å². The molecule has 0 amide bonds. The van der Waals surface area contributed by atoms with Crippen LogP contribution in [0.2, 0.25) is 0 Å². The number of hydrogen-bond acceptors (Lipinski definition) is 1. The second-order valence-electron chi connectivity index (χ2n) is 4.92. The lowest BCUT2D eigenvalue weighted by molar-refractivity contribution is 0.533. The molecule has 0 fully saturated rings. The van der Waals surface area contributed by atoms with Crippen LogP contribution in [0, 0.1) is 12.8 Å². The van der Waals surface area contributed by atoms with E-state index in [2.05, 4.69) is 64.9 Å². The van der Waals surface area contributed by atoms with E-state index >= 15 is 0 Å². The second kappa shape index (κ2) is 4.69. The van der Waals surface area contributed by atoms with Gasteiger partial charge in [0.1, 0.15) is 0 Å². The molecule has 1 atom stereocenters. The molecular weight excluding hydrogens is 182 g/mol. The maximum absolute atomic E-state index is 2.31. The third kappa shape index (κ3) is 2.53. The quantitative estimate of drug-likeness (QED) is 0.725. The first kappa shape index (κ1) is 12.1.